The number of carbonyl (C=O) groups is 1. The van der Waals surface area contributed by atoms with Gasteiger partial charge in [0.15, 0.2) is 0 Å². The number of aryl methyl sites for hydroxylation is 1. The SMILES string of the molecule is Cc1cc2c(cc1Cc1ccc(-n3cccn3)cc1)C(=O)N(c1ccccc1F)CCO2. The van der Waals surface area contributed by atoms with E-state index in [0.29, 0.717) is 24.3 Å². The smallest absolute Gasteiger partial charge is 0.262 e. The van der Waals surface area contributed by atoms with Crippen LogP contribution in [0.15, 0.2) is 79.1 Å². The number of fused-ring (bicyclic) bond motifs is 1. The van der Waals surface area contributed by atoms with Crippen LogP contribution in [0.5, 0.6) is 5.75 Å². The third-order valence-electron chi connectivity index (χ3n) is 5.73. The minimum atomic E-state index is -0.422. The number of hydrogen-bond donors (Lipinski definition) is 0. The van der Waals surface area contributed by atoms with E-state index in [1.54, 1.807) is 24.4 Å². The highest BCUT2D eigenvalue weighted by Crippen LogP contribution is 2.31. The highest BCUT2D eigenvalue weighted by Gasteiger charge is 2.27. The van der Waals surface area contributed by atoms with E-state index in [1.165, 1.54) is 11.0 Å². The number of benzene rings is 3. The Bertz CT molecular complexity index is 1270. The number of aromatic nitrogens is 2. The largest absolute Gasteiger partial charge is 0.491 e. The standard InChI is InChI=1S/C26H22FN3O2/c1-18-15-25-22(26(31)29(13-14-32-25)24-6-3-2-5-23(24)27)17-20(18)16-19-7-9-21(10-8-19)30-12-4-11-28-30/h2-12,15,17H,13-14,16H2,1H3. The molecule has 1 aromatic heterocycles. The molecule has 4 aromatic rings. The Labute approximate surface area is 185 Å². The van der Waals surface area contributed by atoms with Crippen LogP contribution in [0.4, 0.5) is 10.1 Å². The lowest BCUT2D eigenvalue weighted by Gasteiger charge is -2.21. The Kier molecular flexibility index (Phi) is 5.19. The number of anilines is 1. The number of halogens is 1. The van der Waals surface area contributed by atoms with Gasteiger partial charge in [0.25, 0.3) is 5.91 Å². The summed E-state index contributed by atoms with van der Waals surface area (Å²) in [4.78, 5) is 14.8. The van der Waals surface area contributed by atoms with Crippen LogP contribution in [0.3, 0.4) is 0 Å². The predicted octanol–water partition coefficient (Wildman–Crippen LogP) is 4.95. The Morgan fingerprint density at radius 1 is 1.06 bits per heavy atom. The van der Waals surface area contributed by atoms with Crippen LogP contribution in [0, 0.1) is 12.7 Å². The molecule has 0 spiro atoms. The fourth-order valence-electron chi connectivity index (χ4n) is 4.01. The van der Waals surface area contributed by atoms with Crippen LogP contribution in [-0.2, 0) is 6.42 Å². The molecule has 1 aliphatic heterocycles. The summed E-state index contributed by atoms with van der Waals surface area (Å²) in [6.45, 7) is 2.61. The predicted molar refractivity (Wildman–Crippen MR) is 121 cm³/mol. The third-order valence-corrected chi connectivity index (χ3v) is 5.73. The molecule has 0 unspecified atom stereocenters. The van der Waals surface area contributed by atoms with Gasteiger partial charge >= 0.3 is 0 Å². The van der Waals surface area contributed by atoms with Gasteiger partial charge < -0.3 is 9.64 Å². The highest BCUT2D eigenvalue weighted by atomic mass is 19.1. The summed E-state index contributed by atoms with van der Waals surface area (Å²) in [5.41, 5.74) is 4.91. The van der Waals surface area contributed by atoms with Crippen molar-refractivity contribution in [2.45, 2.75) is 13.3 Å². The van der Waals surface area contributed by atoms with Crippen molar-refractivity contribution in [1.29, 1.82) is 0 Å². The molecule has 0 aliphatic carbocycles. The average molecular weight is 427 g/mol. The van der Waals surface area contributed by atoms with Gasteiger partial charge in [-0.2, -0.15) is 5.10 Å². The molecule has 32 heavy (non-hydrogen) atoms. The molecule has 0 atom stereocenters. The van der Waals surface area contributed by atoms with Crippen molar-refractivity contribution >= 4 is 11.6 Å². The third kappa shape index (κ3) is 3.75. The molecule has 6 heteroatoms. The second-order valence-corrected chi connectivity index (χ2v) is 7.83. The minimum absolute atomic E-state index is 0.252. The van der Waals surface area contributed by atoms with Crippen LogP contribution in [0.25, 0.3) is 5.69 Å². The van der Waals surface area contributed by atoms with Crippen molar-refractivity contribution < 1.29 is 13.9 Å². The molecule has 2 heterocycles. The van der Waals surface area contributed by atoms with Crippen molar-refractivity contribution in [2.24, 2.45) is 0 Å². The van der Waals surface area contributed by atoms with Gasteiger partial charge in [0.1, 0.15) is 18.2 Å². The summed E-state index contributed by atoms with van der Waals surface area (Å²) in [5.74, 6) is -0.129. The van der Waals surface area contributed by atoms with E-state index in [4.69, 9.17) is 4.74 Å². The van der Waals surface area contributed by atoms with Crippen LogP contribution in [0.1, 0.15) is 27.0 Å². The quantitative estimate of drug-likeness (QED) is 0.463. The summed E-state index contributed by atoms with van der Waals surface area (Å²) in [6.07, 6.45) is 4.32. The van der Waals surface area contributed by atoms with Crippen LogP contribution in [-0.4, -0.2) is 28.8 Å². The Balaban J connectivity index is 1.45. The van der Waals surface area contributed by atoms with Crippen molar-refractivity contribution in [2.75, 3.05) is 18.1 Å². The number of amides is 1. The first-order valence-electron chi connectivity index (χ1n) is 10.5. The van der Waals surface area contributed by atoms with E-state index in [9.17, 15) is 9.18 Å². The first kappa shape index (κ1) is 20.0. The maximum absolute atomic E-state index is 14.4. The summed E-state index contributed by atoms with van der Waals surface area (Å²) in [5, 5.41) is 4.25. The van der Waals surface area contributed by atoms with Gasteiger partial charge in [-0.25, -0.2) is 9.07 Å². The number of carbonyl (C=O) groups excluding carboxylic acids is 1. The molecule has 1 amide bonds. The molecule has 0 fully saturated rings. The lowest BCUT2D eigenvalue weighted by molar-refractivity contribution is 0.0989. The second kappa shape index (κ2) is 8.30. The molecular weight excluding hydrogens is 405 g/mol. The molecule has 5 nitrogen and oxygen atoms in total. The van der Waals surface area contributed by atoms with Gasteiger partial charge in [0.2, 0.25) is 0 Å². The van der Waals surface area contributed by atoms with E-state index in [0.717, 1.165) is 22.4 Å². The average Bonchev–Trinajstić information content (AvgIpc) is 3.29. The second-order valence-electron chi connectivity index (χ2n) is 7.83. The van der Waals surface area contributed by atoms with Crippen molar-refractivity contribution in [3.63, 3.8) is 0 Å². The van der Waals surface area contributed by atoms with E-state index >= 15 is 0 Å². The Hall–Kier alpha value is -3.93. The number of para-hydroxylation sites is 1. The summed E-state index contributed by atoms with van der Waals surface area (Å²) in [6, 6.07) is 20.2. The fraction of sp³-hybridized carbons (Fsp3) is 0.154. The van der Waals surface area contributed by atoms with Gasteiger partial charge in [-0.05, 0) is 72.5 Å². The zero-order valence-electron chi connectivity index (χ0n) is 17.7. The summed E-state index contributed by atoms with van der Waals surface area (Å²) in [7, 11) is 0. The Morgan fingerprint density at radius 3 is 2.62 bits per heavy atom. The number of ether oxygens (including phenoxy) is 1. The topological polar surface area (TPSA) is 47.4 Å². The van der Waals surface area contributed by atoms with E-state index in [1.807, 2.05) is 48.1 Å². The van der Waals surface area contributed by atoms with Gasteiger partial charge in [-0.3, -0.25) is 4.79 Å². The summed E-state index contributed by atoms with van der Waals surface area (Å²) >= 11 is 0. The number of rotatable bonds is 4. The zero-order chi connectivity index (χ0) is 22.1. The first-order chi connectivity index (χ1) is 15.6. The van der Waals surface area contributed by atoms with Crippen LogP contribution in [0.2, 0.25) is 0 Å². The maximum Gasteiger partial charge on any atom is 0.262 e. The molecular formula is C26H22FN3O2. The van der Waals surface area contributed by atoms with Crippen LogP contribution < -0.4 is 9.64 Å². The Morgan fingerprint density at radius 2 is 1.88 bits per heavy atom. The van der Waals surface area contributed by atoms with Crippen molar-refractivity contribution in [3.05, 3.63) is 107 Å². The first-order valence-corrected chi connectivity index (χ1v) is 10.5. The van der Waals surface area contributed by atoms with Gasteiger partial charge in [-0.1, -0.05) is 24.3 Å². The normalized spacial score (nSPS) is 13.4. The molecule has 5 rings (SSSR count). The molecule has 0 saturated carbocycles. The molecule has 0 bridgehead atoms. The lowest BCUT2D eigenvalue weighted by Crippen LogP contribution is -2.33. The van der Waals surface area contributed by atoms with Crippen molar-refractivity contribution in [3.8, 4) is 11.4 Å². The van der Waals surface area contributed by atoms with E-state index in [-0.39, 0.29) is 18.1 Å². The van der Waals surface area contributed by atoms with Crippen LogP contribution >= 0.6 is 0 Å². The highest BCUT2D eigenvalue weighted by molar-refractivity contribution is 6.08. The molecule has 0 saturated heterocycles. The molecule has 160 valence electrons. The molecule has 3 aromatic carbocycles. The van der Waals surface area contributed by atoms with Gasteiger partial charge in [0.05, 0.1) is 23.5 Å². The minimum Gasteiger partial charge on any atom is -0.491 e. The molecule has 1 aliphatic rings. The van der Waals surface area contributed by atoms with Gasteiger partial charge in [-0.15, -0.1) is 0 Å². The molecule has 0 N–H and O–H groups in total. The maximum atomic E-state index is 14.4. The van der Waals surface area contributed by atoms with Gasteiger partial charge in [0, 0.05) is 12.4 Å². The van der Waals surface area contributed by atoms with E-state index < -0.39 is 5.82 Å². The molecule has 0 radical (unpaired) electrons. The summed E-state index contributed by atoms with van der Waals surface area (Å²) < 4.78 is 22.0. The zero-order valence-corrected chi connectivity index (χ0v) is 17.7. The number of nitrogens with zero attached hydrogens (tertiary/aromatic N) is 3. The van der Waals surface area contributed by atoms with Crippen molar-refractivity contribution in [1.82, 2.24) is 9.78 Å². The van der Waals surface area contributed by atoms with E-state index in [2.05, 4.69) is 17.2 Å². The number of hydrogen-bond acceptors (Lipinski definition) is 3. The lowest BCUT2D eigenvalue weighted by atomic mass is 9.97. The monoisotopic (exact) mass is 427 g/mol. The fourth-order valence-corrected chi connectivity index (χ4v) is 4.01.